The lowest BCUT2D eigenvalue weighted by atomic mass is 10.2. The van der Waals surface area contributed by atoms with Crippen molar-refractivity contribution in [3.8, 4) is 11.4 Å². The number of benzene rings is 1. The van der Waals surface area contributed by atoms with Gasteiger partial charge in [0.15, 0.2) is 5.82 Å². The van der Waals surface area contributed by atoms with Gasteiger partial charge in [-0.15, -0.1) is 10.2 Å². The first kappa shape index (κ1) is 12.3. The van der Waals surface area contributed by atoms with Crippen molar-refractivity contribution < 1.29 is 0 Å². The molecule has 19 heavy (non-hydrogen) atoms. The standard InChI is InChI=1S/C13H15N5S/c1-3-14-9(2)12-17-18-11(15-16-13(18)19-12)10-7-5-4-6-8-10/h4-9,14H,3H2,1-2H3. The van der Waals surface area contributed by atoms with E-state index in [0.717, 1.165) is 27.9 Å². The summed E-state index contributed by atoms with van der Waals surface area (Å²) in [5.41, 5.74) is 1.03. The number of hydrogen-bond donors (Lipinski definition) is 1. The van der Waals surface area contributed by atoms with Gasteiger partial charge in [-0.05, 0) is 13.5 Å². The van der Waals surface area contributed by atoms with E-state index in [4.69, 9.17) is 0 Å². The summed E-state index contributed by atoms with van der Waals surface area (Å²) in [5.74, 6) is 0.793. The number of nitrogens with one attached hydrogen (secondary N) is 1. The van der Waals surface area contributed by atoms with E-state index >= 15 is 0 Å². The van der Waals surface area contributed by atoms with E-state index in [1.807, 2.05) is 34.8 Å². The number of rotatable bonds is 4. The number of fused-ring (bicyclic) bond motifs is 1. The van der Waals surface area contributed by atoms with Crippen molar-refractivity contribution in [2.45, 2.75) is 19.9 Å². The van der Waals surface area contributed by atoms with Crippen LogP contribution in [0.1, 0.15) is 24.9 Å². The first-order valence-electron chi connectivity index (χ1n) is 6.30. The molecule has 1 atom stereocenters. The Bertz CT molecular complexity index is 673. The lowest BCUT2D eigenvalue weighted by Gasteiger charge is -2.06. The Hall–Kier alpha value is -1.79. The zero-order chi connectivity index (χ0) is 13.2. The maximum atomic E-state index is 4.62. The fourth-order valence-electron chi connectivity index (χ4n) is 1.97. The van der Waals surface area contributed by atoms with Crippen LogP contribution >= 0.6 is 11.3 Å². The maximum Gasteiger partial charge on any atom is 0.235 e. The Morgan fingerprint density at radius 2 is 2.05 bits per heavy atom. The van der Waals surface area contributed by atoms with Gasteiger partial charge in [0, 0.05) is 5.56 Å². The maximum absolute atomic E-state index is 4.62. The third-order valence-electron chi connectivity index (χ3n) is 2.92. The van der Waals surface area contributed by atoms with Crippen molar-refractivity contribution in [3.05, 3.63) is 35.3 Å². The van der Waals surface area contributed by atoms with E-state index in [-0.39, 0.29) is 6.04 Å². The van der Waals surface area contributed by atoms with Crippen LogP contribution in [0.15, 0.2) is 30.3 Å². The highest BCUT2D eigenvalue weighted by atomic mass is 32.1. The SMILES string of the molecule is CCNC(C)c1nn2c(-c3ccccc3)nnc2s1. The van der Waals surface area contributed by atoms with Gasteiger partial charge in [-0.25, -0.2) is 0 Å². The van der Waals surface area contributed by atoms with E-state index in [2.05, 4.69) is 34.5 Å². The molecule has 3 aromatic rings. The highest BCUT2D eigenvalue weighted by Crippen LogP contribution is 2.24. The molecule has 0 fully saturated rings. The van der Waals surface area contributed by atoms with Crippen LogP contribution in [0, 0.1) is 0 Å². The predicted molar refractivity (Wildman–Crippen MR) is 76.2 cm³/mol. The number of aromatic nitrogens is 4. The van der Waals surface area contributed by atoms with Gasteiger partial charge in [0.1, 0.15) is 5.01 Å². The van der Waals surface area contributed by atoms with E-state index < -0.39 is 0 Å². The van der Waals surface area contributed by atoms with Gasteiger partial charge in [0.2, 0.25) is 4.96 Å². The lowest BCUT2D eigenvalue weighted by Crippen LogP contribution is -2.17. The Labute approximate surface area is 115 Å². The zero-order valence-electron chi connectivity index (χ0n) is 10.9. The third kappa shape index (κ3) is 2.24. The summed E-state index contributed by atoms with van der Waals surface area (Å²) in [6, 6.07) is 10.2. The molecule has 2 heterocycles. The molecule has 0 saturated heterocycles. The molecule has 1 N–H and O–H groups in total. The molecule has 1 unspecified atom stereocenters. The minimum atomic E-state index is 0.236. The molecular formula is C13H15N5S. The molecule has 0 radical (unpaired) electrons. The monoisotopic (exact) mass is 273 g/mol. The smallest absolute Gasteiger partial charge is 0.235 e. The average molecular weight is 273 g/mol. The quantitative estimate of drug-likeness (QED) is 0.793. The van der Waals surface area contributed by atoms with Gasteiger partial charge in [-0.2, -0.15) is 9.61 Å². The summed E-state index contributed by atoms with van der Waals surface area (Å²) >= 11 is 1.58. The van der Waals surface area contributed by atoms with Crippen molar-refractivity contribution in [2.75, 3.05) is 6.54 Å². The highest BCUT2D eigenvalue weighted by molar-refractivity contribution is 7.16. The summed E-state index contributed by atoms with van der Waals surface area (Å²) in [7, 11) is 0. The summed E-state index contributed by atoms with van der Waals surface area (Å²) < 4.78 is 1.82. The van der Waals surface area contributed by atoms with Crippen LogP contribution in [-0.2, 0) is 0 Å². The molecule has 0 amide bonds. The molecule has 0 bridgehead atoms. The van der Waals surface area contributed by atoms with E-state index in [9.17, 15) is 0 Å². The third-order valence-corrected chi connectivity index (χ3v) is 4.00. The molecule has 0 spiro atoms. The van der Waals surface area contributed by atoms with E-state index in [0.29, 0.717) is 0 Å². The van der Waals surface area contributed by atoms with Crippen molar-refractivity contribution in [1.29, 1.82) is 0 Å². The first-order valence-corrected chi connectivity index (χ1v) is 7.12. The van der Waals surface area contributed by atoms with E-state index in [1.54, 1.807) is 11.3 Å². The zero-order valence-corrected chi connectivity index (χ0v) is 11.7. The van der Waals surface area contributed by atoms with Crippen LogP contribution in [0.25, 0.3) is 16.3 Å². The fraction of sp³-hybridized carbons (Fsp3) is 0.308. The van der Waals surface area contributed by atoms with Gasteiger partial charge in [-0.3, -0.25) is 0 Å². The van der Waals surface area contributed by atoms with Crippen LogP contribution in [0.4, 0.5) is 0 Å². The molecule has 3 rings (SSSR count). The highest BCUT2D eigenvalue weighted by Gasteiger charge is 2.16. The van der Waals surface area contributed by atoms with Gasteiger partial charge >= 0.3 is 0 Å². The second-order valence-corrected chi connectivity index (χ2v) is 5.29. The average Bonchev–Trinajstić information content (AvgIpc) is 2.99. The van der Waals surface area contributed by atoms with Crippen LogP contribution in [0.2, 0.25) is 0 Å². The molecular weight excluding hydrogens is 258 g/mol. The first-order chi connectivity index (χ1) is 9.29. The molecule has 98 valence electrons. The fourth-order valence-corrected chi connectivity index (χ4v) is 2.83. The van der Waals surface area contributed by atoms with Gasteiger partial charge in [-0.1, -0.05) is 48.6 Å². The van der Waals surface area contributed by atoms with Gasteiger partial charge in [0.25, 0.3) is 0 Å². The van der Waals surface area contributed by atoms with Crippen molar-refractivity contribution >= 4 is 16.3 Å². The Morgan fingerprint density at radius 1 is 1.26 bits per heavy atom. The molecule has 0 aliphatic rings. The summed E-state index contributed by atoms with van der Waals surface area (Å²) in [4.78, 5) is 0.832. The predicted octanol–water partition coefficient (Wildman–Crippen LogP) is 2.52. The van der Waals surface area contributed by atoms with Gasteiger partial charge in [0.05, 0.1) is 6.04 Å². The second kappa shape index (κ2) is 5.07. The molecule has 2 aromatic heterocycles. The molecule has 5 nitrogen and oxygen atoms in total. The van der Waals surface area contributed by atoms with Crippen molar-refractivity contribution in [3.63, 3.8) is 0 Å². The Balaban J connectivity index is 2.03. The lowest BCUT2D eigenvalue weighted by molar-refractivity contribution is 0.587. The molecule has 6 heteroatoms. The normalized spacial score (nSPS) is 12.9. The van der Waals surface area contributed by atoms with Crippen LogP contribution in [0.5, 0.6) is 0 Å². The summed E-state index contributed by atoms with van der Waals surface area (Å²) in [5, 5.41) is 17.4. The minimum absolute atomic E-state index is 0.236. The minimum Gasteiger partial charge on any atom is -0.308 e. The molecule has 0 aliphatic carbocycles. The molecule has 1 aromatic carbocycles. The van der Waals surface area contributed by atoms with Crippen LogP contribution in [-0.4, -0.2) is 26.4 Å². The van der Waals surface area contributed by atoms with Crippen LogP contribution < -0.4 is 5.32 Å². The van der Waals surface area contributed by atoms with Crippen molar-refractivity contribution in [2.24, 2.45) is 0 Å². The number of nitrogens with zero attached hydrogens (tertiary/aromatic N) is 4. The molecule has 0 aliphatic heterocycles. The van der Waals surface area contributed by atoms with E-state index in [1.165, 1.54) is 0 Å². The summed E-state index contributed by atoms with van der Waals surface area (Å²) in [6.45, 7) is 5.12. The Morgan fingerprint density at radius 3 is 2.79 bits per heavy atom. The van der Waals surface area contributed by atoms with Crippen molar-refractivity contribution in [1.82, 2.24) is 25.1 Å². The number of hydrogen-bond acceptors (Lipinski definition) is 5. The summed E-state index contributed by atoms with van der Waals surface area (Å²) in [6.07, 6.45) is 0. The Kier molecular flexibility index (Phi) is 3.27. The largest absolute Gasteiger partial charge is 0.308 e. The second-order valence-electron chi connectivity index (χ2n) is 4.30. The van der Waals surface area contributed by atoms with Gasteiger partial charge < -0.3 is 5.32 Å². The molecule has 0 saturated carbocycles. The van der Waals surface area contributed by atoms with Crippen LogP contribution in [0.3, 0.4) is 0 Å². The topological polar surface area (TPSA) is 55.1 Å².